The van der Waals surface area contributed by atoms with E-state index in [1.54, 1.807) is 11.3 Å². The van der Waals surface area contributed by atoms with Crippen LogP contribution >= 0.6 is 11.3 Å². The Hall–Kier alpha value is -0.460. The van der Waals surface area contributed by atoms with Crippen molar-refractivity contribution in [2.75, 3.05) is 46.5 Å². The fraction of sp³-hybridized carbons (Fsp3) is 0.778. The van der Waals surface area contributed by atoms with Crippen LogP contribution in [0.25, 0.3) is 0 Å². The zero-order valence-electron chi connectivity index (χ0n) is 14.7. The van der Waals surface area contributed by atoms with Crippen LogP contribution in [0.5, 0.6) is 0 Å². The molecule has 0 aromatic carbocycles. The van der Waals surface area contributed by atoms with Crippen molar-refractivity contribution < 1.29 is 9.47 Å². The van der Waals surface area contributed by atoms with Crippen LogP contribution in [0.4, 0.5) is 0 Å². The minimum atomic E-state index is -0.102. The molecule has 1 spiro atoms. The lowest BCUT2D eigenvalue weighted by Crippen LogP contribution is -2.44. The predicted molar refractivity (Wildman–Crippen MR) is 95.0 cm³/mol. The molecule has 130 valence electrons. The van der Waals surface area contributed by atoms with Gasteiger partial charge in [-0.1, -0.05) is 0 Å². The first-order valence-electron chi connectivity index (χ1n) is 8.72. The lowest BCUT2D eigenvalue weighted by Gasteiger charge is -2.31. The third-order valence-electron chi connectivity index (χ3n) is 5.13. The van der Waals surface area contributed by atoms with Gasteiger partial charge in [0.1, 0.15) is 5.60 Å². The molecule has 0 saturated carbocycles. The normalized spacial score (nSPS) is 29.7. The number of ether oxygens (including phenoxy) is 2. The molecule has 0 radical (unpaired) electrons. The van der Waals surface area contributed by atoms with Gasteiger partial charge < -0.3 is 14.4 Å². The van der Waals surface area contributed by atoms with Crippen LogP contribution in [0.1, 0.15) is 25.8 Å². The van der Waals surface area contributed by atoms with Crippen LogP contribution in [0.3, 0.4) is 0 Å². The first kappa shape index (κ1) is 17.4. The molecule has 0 amide bonds. The van der Waals surface area contributed by atoms with Gasteiger partial charge >= 0.3 is 0 Å². The van der Waals surface area contributed by atoms with Crippen LogP contribution in [0.2, 0.25) is 0 Å². The van der Waals surface area contributed by atoms with Crippen molar-refractivity contribution in [1.82, 2.24) is 9.80 Å². The molecule has 2 atom stereocenters. The zero-order valence-corrected chi connectivity index (χ0v) is 15.5. The number of hydrogen-bond acceptors (Lipinski definition) is 5. The molecule has 2 aliphatic heterocycles. The standard InChI is InChI=1S/C18H30N2O2S/c1-15(2)19(3)9-17-8-18(22-11-17)13-20(5-6-21-14-18)10-16-4-7-23-12-16/h4,7,12,15,17H,5-6,8-11,13-14H2,1-3H3. The molecule has 1 aromatic rings. The number of nitrogens with zero attached hydrogens (tertiary/aromatic N) is 2. The van der Waals surface area contributed by atoms with E-state index in [1.807, 2.05) is 0 Å². The van der Waals surface area contributed by atoms with Gasteiger partial charge in [0.05, 0.1) is 19.8 Å². The summed E-state index contributed by atoms with van der Waals surface area (Å²) in [6.45, 7) is 11.0. The Kier molecular flexibility index (Phi) is 5.75. The SMILES string of the molecule is CC(C)N(C)CC1COC2(COCCN(Cc3ccsc3)C2)C1. The van der Waals surface area contributed by atoms with Gasteiger partial charge in [-0.25, -0.2) is 0 Å². The Labute approximate surface area is 144 Å². The van der Waals surface area contributed by atoms with Crippen molar-refractivity contribution in [2.24, 2.45) is 5.92 Å². The fourth-order valence-electron chi connectivity index (χ4n) is 3.64. The summed E-state index contributed by atoms with van der Waals surface area (Å²) in [7, 11) is 2.21. The summed E-state index contributed by atoms with van der Waals surface area (Å²) >= 11 is 1.77. The highest BCUT2D eigenvalue weighted by atomic mass is 32.1. The van der Waals surface area contributed by atoms with E-state index < -0.39 is 0 Å². The number of thiophene rings is 1. The van der Waals surface area contributed by atoms with Crippen molar-refractivity contribution in [3.8, 4) is 0 Å². The summed E-state index contributed by atoms with van der Waals surface area (Å²) in [6.07, 6.45) is 1.12. The maximum absolute atomic E-state index is 6.31. The largest absolute Gasteiger partial charge is 0.377 e. The average molecular weight is 339 g/mol. The molecule has 4 nitrogen and oxygen atoms in total. The number of hydrogen-bond donors (Lipinski definition) is 0. The molecular weight excluding hydrogens is 308 g/mol. The fourth-order valence-corrected chi connectivity index (χ4v) is 4.30. The smallest absolute Gasteiger partial charge is 0.104 e. The summed E-state index contributed by atoms with van der Waals surface area (Å²) in [4.78, 5) is 4.93. The Morgan fingerprint density at radius 1 is 1.48 bits per heavy atom. The minimum Gasteiger partial charge on any atom is -0.377 e. The van der Waals surface area contributed by atoms with Crippen LogP contribution in [0.15, 0.2) is 16.8 Å². The first-order valence-corrected chi connectivity index (χ1v) is 9.66. The van der Waals surface area contributed by atoms with Crippen molar-refractivity contribution in [3.63, 3.8) is 0 Å². The summed E-state index contributed by atoms with van der Waals surface area (Å²) in [5.74, 6) is 0.618. The van der Waals surface area contributed by atoms with Crippen LogP contribution in [-0.2, 0) is 16.0 Å². The summed E-state index contributed by atoms with van der Waals surface area (Å²) in [5.41, 5.74) is 1.30. The molecule has 1 aromatic heterocycles. The van der Waals surface area contributed by atoms with Crippen molar-refractivity contribution >= 4 is 11.3 Å². The second-order valence-electron chi connectivity index (χ2n) is 7.49. The lowest BCUT2D eigenvalue weighted by molar-refractivity contribution is -0.0563. The first-order chi connectivity index (χ1) is 11.1. The highest BCUT2D eigenvalue weighted by Crippen LogP contribution is 2.33. The third kappa shape index (κ3) is 4.54. The molecular formula is C18H30N2O2S. The van der Waals surface area contributed by atoms with E-state index in [-0.39, 0.29) is 5.60 Å². The molecule has 2 saturated heterocycles. The summed E-state index contributed by atoms with van der Waals surface area (Å²) in [6, 6.07) is 2.81. The Balaban J connectivity index is 1.59. The Morgan fingerprint density at radius 3 is 3.09 bits per heavy atom. The molecule has 3 heterocycles. The van der Waals surface area contributed by atoms with Crippen molar-refractivity contribution in [3.05, 3.63) is 22.4 Å². The monoisotopic (exact) mass is 338 g/mol. The van der Waals surface area contributed by atoms with Crippen molar-refractivity contribution in [1.29, 1.82) is 0 Å². The predicted octanol–water partition coefficient (Wildman–Crippen LogP) is 2.70. The number of rotatable bonds is 5. The molecule has 5 heteroatoms. The Bertz CT molecular complexity index is 479. The van der Waals surface area contributed by atoms with Crippen LogP contribution in [-0.4, -0.2) is 67.9 Å². The van der Waals surface area contributed by atoms with Crippen LogP contribution in [0, 0.1) is 5.92 Å². The van der Waals surface area contributed by atoms with E-state index in [4.69, 9.17) is 9.47 Å². The minimum absolute atomic E-state index is 0.102. The molecule has 2 unspecified atom stereocenters. The topological polar surface area (TPSA) is 24.9 Å². The van der Waals surface area contributed by atoms with Gasteiger partial charge in [0.25, 0.3) is 0 Å². The van der Waals surface area contributed by atoms with E-state index in [0.29, 0.717) is 12.0 Å². The second-order valence-corrected chi connectivity index (χ2v) is 8.27. The van der Waals surface area contributed by atoms with E-state index in [1.165, 1.54) is 5.56 Å². The quantitative estimate of drug-likeness (QED) is 0.824. The van der Waals surface area contributed by atoms with Gasteiger partial charge in [-0.05, 0) is 55.6 Å². The summed E-state index contributed by atoms with van der Waals surface area (Å²) in [5, 5.41) is 4.40. The highest BCUT2D eigenvalue weighted by Gasteiger charge is 2.43. The average Bonchev–Trinajstić information content (AvgIpc) is 3.09. The molecule has 0 aliphatic carbocycles. The maximum Gasteiger partial charge on any atom is 0.104 e. The van der Waals surface area contributed by atoms with Crippen LogP contribution < -0.4 is 0 Å². The third-order valence-corrected chi connectivity index (χ3v) is 5.86. The zero-order chi connectivity index (χ0) is 16.3. The van der Waals surface area contributed by atoms with Gasteiger partial charge in [-0.3, -0.25) is 4.90 Å². The van der Waals surface area contributed by atoms with Gasteiger partial charge in [-0.2, -0.15) is 11.3 Å². The van der Waals surface area contributed by atoms with E-state index in [9.17, 15) is 0 Å². The molecule has 0 N–H and O–H groups in total. The van der Waals surface area contributed by atoms with E-state index in [0.717, 1.165) is 52.4 Å². The van der Waals surface area contributed by atoms with Crippen molar-refractivity contribution in [2.45, 2.75) is 38.5 Å². The molecule has 0 bridgehead atoms. The van der Waals surface area contributed by atoms with Gasteiger partial charge in [0.15, 0.2) is 0 Å². The highest BCUT2D eigenvalue weighted by molar-refractivity contribution is 7.07. The molecule has 2 aliphatic rings. The lowest BCUT2D eigenvalue weighted by atomic mass is 9.93. The Morgan fingerprint density at radius 2 is 2.35 bits per heavy atom. The van der Waals surface area contributed by atoms with E-state index >= 15 is 0 Å². The van der Waals surface area contributed by atoms with Gasteiger partial charge in [0, 0.05) is 32.2 Å². The van der Waals surface area contributed by atoms with E-state index in [2.05, 4.69) is 47.5 Å². The van der Waals surface area contributed by atoms with Gasteiger partial charge in [-0.15, -0.1) is 0 Å². The molecule has 23 heavy (non-hydrogen) atoms. The maximum atomic E-state index is 6.31. The van der Waals surface area contributed by atoms with Gasteiger partial charge in [0.2, 0.25) is 0 Å². The molecule has 2 fully saturated rings. The summed E-state index contributed by atoms with van der Waals surface area (Å²) < 4.78 is 12.2. The molecule has 3 rings (SSSR count). The second kappa shape index (κ2) is 7.62.